The van der Waals surface area contributed by atoms with E-state index in [1.165, 1.54) is 6.07 Å². The van der Waals surface area contributed by atoms with E-state index in [-0.39, 0.29) is 11.3 Å². The molecule has 0 radical (unpaired) electrons. The molecule has 128 valence electrons. The fraction of sp³-hybridized carbons (Fsp3) is 0.400. The summed E-state index contributed by atoms with van der Waals surface area (Å²) in [6.07, 6.45) is 0. The number of aromatic nitrogens is 1. The fourth-order valence-electron chi connectivity index (χ4n) is 2.47. The van der Waals surface area contributed by atoms with E-state index in [0.717, 1.165) is 37.5 Å². The van der Waals surface area contributed by atoms with E-state index >= 15 is 0 Å². The van der Waals surface area contributed by atoms with Crippen molar-refractivity contribution in [3.05, 3.63) is 44.5 Å². The molecule has 0 unspecified atom stereocenters. The number of carboxylic acid groups (broad SMARTS) is 1. The van der Waals surface area contributed by atoms with Gasteiger partial charge >= 0.3 is 17.1 Å². The molecule has 1 aliphatic heterocycles. The average Bonchev–Trinajstić information content (AvgIpc) is 3.14. The van der Waals surface area contributed by atoms with E-state index in [2.05, 4.69) is 15.6 Å². The molecular formula is C15H18N4O5. The zero-order valence-corrected chi connectivity index (χ0v) is 12.9. The summed E-state index contributed by atoms with van der Waals surface area (Å²) in [6, 6.07) is 4.65. The molecule has 9 heteroatoms. The number of hydrogen-bond acceptors (Lipinski definition) is 7. The minimum absolute atomic E-state index is 0.0128. The van der Waals surface area contributed by atoms with Gasteiger partial charge in [-0.15, -0.1) is 0 Å². The Labute approximate surface area is 137 Å². The van der Waals surface area contributed by atoms with E-state index in [9.17, 15) is 19.5 Å². The van der Waals surface area contributed by atoms with Crippen LogP contribution in [0.5, 0.6) is 0 Å². The van der Waals surface area contributed by atoms with Crippen LogP contribution in [-0.2, 0) is 4.74 Å². The SMILES string of the molecule is O=C(O)c1ccc(NCCN2CCOCC2)cc1Nn1c(=O)c1=O. The van der Waals surface area contributed by atoms with Gasteiger partial charge in [-0.3, -0.25) is 19.9 Å². The number of rotatable bonds is 7. The molecule has 0 atom stereocenters. The number of nitrogens with one attached hydrogen (secondary N) is 2. The second-order valence-corrected chi connectivity index (χ2v) is 5.50. The van der Waals surface area contributed by atoms with Gasteiger partial charge in [-0.1, -0.05) is 0 Å². The maximum atomic E-state index is 11.3. The topological polar surface area (TPSA) is 113 Å². The lowest BCUT2D eigenvalue weighted by Gasteiger charge is -2.26. The standard InChI is InChI=1S/C15H18N4O5/c20-13-14(21)19(13)17-12-9-10(1-2-11(12)15(22)23)16-3-4-18-5-7-24-8-6-18/h1-2,9,16-17H,3-8H2,(H,22,23). The van der Waals surface area contributed by atoms with Crippen molar-refractivity contribution in [3.63, 3.8) is 0 Å². The number of anilines is 2. The van der Waals surface area contributed by atoms with Gasteiger partial charge in [0.05, 0.1) is 24.5 Å². The molecule has 1 aromatic heterocycles. The minimum atomic E-state index is -1.14. The summed E-state index contributed by atoms with van der Waals surface area (Å²) >= 11 is 0. The molecule has 0 spiro atoms. The predicted molar refractivity (Wildman–Crippen MR) is 87.5 cm³/mol. The van der Waals surface area contributed by atoms with E-state index in [0.29, 0.717) is 12.2 Å². The number of ether oxygens (including phenoxy) is 1. The third kappa shape index (κ3) is 3.63. The van der Waals surface area contributed by atoms with Crippen LogP contribution in [0, 0.1) is 0 Å². The smallest absolute Gasteiger partial charge is 0.340 e. The number of benzene rings is 1. The summed E-state index contributed by atoms with van der Waals surface area (Å²) in [6.45, 7) is 4.79. The molecule has 1 fully saturated rings. The molecule has 1 aromatic carbocycles. The van der Waals surface area contributed by atoms with E-state index < -0.39 is 17.1 Å². The Balaban J connectivity index is 1.65. The van der Waals surface area contributed by atoms with Crippen molar-refractivity contribution >= 4 is 17.3 Å². The van der Waals surface area contributed by atoms with Crippen molar-refractivity contribution in [2.45, 2.75) is 0 Å². The molecule has 9 nitrogen and oxygen atoms in total. The molecule has 3 N–H and O–H groups in total. The Morgan fingerprint density at radius 1 is 1.21 bits per heavy atom. The molecule has 2 heterocycles. The highest BCUT2D eigenvalue weighted by molar-refractivity contribution is 5.95. The van der Waals surface area contributed by atoms with Crippen LogP contribution in [0.15, 0.2) is 27.8 Å². The Kier molecular flexibility index (Phi) is 4.63. The van der Waals surface area contributed by atoms with Gasteiger partial charge < -0.3 is 15.2 Å². The van der Waals surface area contributed by atoms with Crippen LogP contribution in [0.4, 0.5) is 11.4 Å². The van der Waals surface area contributed by atoms with Crippen molar-refractivity contribution in [2.24, 2.45) is 0 Å². The molecule has 3 rings (SSSR count). The lowest BCUT2D eigenvalue weighted by Crippen LogP contribution is -2.39. The quantitative estimate of drug-likeness (QED) is 0.576. The molecule has 0 bridgehead atoms. The van der Waals surface area contributed by atoms with Crippen LogP contribution in [0.25, 0.3) is 0 Å². The van der Waals surface area contributed by atoms with Gasteiger partial charge in [0.1, 0.15) is 0 Å². The van der Waals surface area contributed by atoms with Crippen LogP contribution >= 0.6 is 0 Å². The van der Waals surface area contributed by atoms with Gasteiger partial charge in [0.2, 0.25) is 0 Å². The molecule has 24 heavy (non-hydrogen) atoms. The molecule has 1 aliphatic rings. The Morgan fingerprint density at radius 3 is 2.54 bits per heavy atom. The van der Waals surface area contributed by atoms with Gasteiger partial charge in [-0.2, -0.15) is 4.68 Å². The monoisotopic (exact) mass is 334 g/mol. The summed E-state index contributed by atoms with van der Waals surface area (Å²) in [5.41, 5.74) is 2.05. The second-order valence-electron chi connectivity index (χ2n) is 5.50. The number of morpholine rings is 1. The lowest BCUT2D eigenvalue weighted by molar-refractivity contribution is 0.0398. The number of carboxylic acids is 1. The molecule has 0 aliphatic carbocycles. The zero-order chi connectivity index (χ0) is 17.1. The summed E-state index contributed by atoms with van der Waals surface area (Å²) in [5.74, 6) is -1.14. The first-order chi connectivity index (χ1) is 11.6. The number of aromatic carboxylic acids is 1. The van der Waals surface area contributed by atoms with Crippen LogP contribution in [0.3, 0.4) is 0 Å². The maximum absolute atomic E-state index is 11.3. The van der Waals surface area contributed by atoms with E-state index in [1.54, 1.807) is 12.1 Å². The van der Waals surface area contributed by atoms with Gasteiger partial charge in [0, 0.05) is 31.9 Å². The molecule has 2 aromatic rings. The van der Waals surface area contributed by atoms with Crippen LogP contribution in [0.2, 0.25) is 0 Å². The van der Waals surface area contributed by atoms with Crippen molar-refractivity contribution in [2.75, 3.05) is 50.1 Å². The lowest BCUT2D eigenvalue weighted by atomic mass is 10.1. The summed E-state index contributed by atoms with van der Waals surface area (Å²) in [7, 11) is 0. The van der Waals surface area contributed by atoms with Crippen LogP contribution in [-0.4, -0.2) is 60.0 Å². The normalized spacial score (nSPS) is 15.5. The third-order valence-corrected chi connectivity index (χ3v) is 3.88. The van der Waals surface area contributed by atoms with Gasteiger partial charge in [-0.05, 0) is 18.2 Å². The minimum Gasteiger partial charge on any atom is -0.478 e. The van der Waals surface area contributed by atoms with Crippen LogP contribution < -0.4 is 21.9 Å². The van der Waals surface area contributed by atoms with Gasteiger partial charge in [0.15, 0.2) is 0 Å². The van der Waals surface area contributed by atoms with E-state index in [4.69, 9.17) is 4.74 Å². The van der Waals surface area contributed by atoms with Crippen molar-refractivity contribution in [1.82, 2.24) is 9.58 Å². The summed E-state index contributed by atoms with van der Waals surface area (Å²) < 4.78 is 6.07. The highest BCUT2D eigenvalue weighted by atomic mass is 16.5. The molecule has 0 amide bonds. The zero-order valence-electron chi connectivity index (χ0n) is 12.9. The highest BCUT2D eigenvalue weighted by Crippen LogP contribution is 2.21. The Bertz CT molecular complexity index is 777. The first-order valence-electron chi connectivity index (χ1n) is 7.62. The second kappa shape index (κ2) is 6.85. The van der Waals surface area contributed by atoms with E-state index in [1.807, 2.05) is 0 Å². The van der Waals surface area contributed by atoms with Crippen molar-refractivity contribution in [1.29, 1.82) is 0 Å². The van der Waals surface area contributed by atoms with Gasteiger partial charge in [-0.25, -0.2) is 4.79 Å². The first-order valence-corrected chi connectivity index (χ1v) is 7.62. The number of nitrogens with zero attached hydrogens (tertiary/aromatic N) is 2. The van der Waals surface area contributed by atoms with Crippen molar-refractivity contribution in [3.8, 4) is 0 Å². The molecule has 0 saturated carbocycles. The van der Waals surface area contributed by atoms with Crippen LogP contribution in [0.1, 0.15) is 10.4 Å². The average molecular weight is 334 g/mol. The first kappa shape index (κ1) is 16.2. The van der Waals surface area contributed by atoms with Gasteiger partial charge in [0.25, 0.3) is 0 Å². The summed E-state index contributed by atoms with van der Waals surface area (Å²) in [5, 5.41) is 12.4. The summed E-state index contributed by atoms with van der Waals surface area (Å²) in [4.78, 5) is 35.7. The highest BCUT2D eigenvalue weighted by Gasteiger charge is 2.19. The largest absolute Gasteiger partial charge is 0.478 e. The molecular weight excluding hydrogens is 316 g/mol. The number of carbonyl (C=O) groups is 1. The predicted octanol–water partition coefficient (Wildman–Crippen LogP) is -0.598. The Morgan fingerprint density at radius 2 is 1.92 bits per heavy atom. The maximum Gasteiger partial charge on any atom is 0.340 e. The fourth-order valence-corrected chi connectivity index (χ4v) is 2.47. The molecule has 1 saturated heterocycles. The van der Waals surface area contributed by atoms with Crippen molar-refractivity contribution < 1.29 is 14.6 Å². The Hall–Kier alpha value is -2.65. The number of hydrogen-bond donors (Lipinski definition) is 3. The third-order valence-electron chi connectivity index (χ3n) is 3.88.